The third kappa shape index (κ3) is 6.66. The Kier molecular flexibility index (Phi) is 7.00. The fourth-order valence-electron chi connectivity index (χ4n) is 2.63. The number of furan rings is 1. The quantitative estimate of drug-likeness (QED) is 0.209. The summed E-state index contributed by atoms with van der Waals surface area (Å²) in [6, 6.07) is 16.0. The standard InChI is InChI=1S/C20H21N5O5S/c21-31(28,29)19-9-5-16(6-10-19)13-23-20(24-14-18-2-1-11-30-18)22-12-15-3-7-17(8-4-15)25(26)27/h1-11H,12-14H2,(H2,21,28,29)(H2,22,23,24). The summed E-state index contributed by atoms with van der Waals surface area (Å²) in [7, 11) is -3.75. The van der Waals surface area contributed by atoms with Crippen LogP contribution in [0.25, 0.3) is 0 Å². The number of nitrogens with one attached hydrogen (secondary N) is 2. The van der Waals surface area contributed by atoms with Gasteiger partial charge in [-0.2, -0.15) is 0 Å². The molecule has 31 heavy (non-hydrogen) atoms. The van der Waals surface area contributed by atoms with Gasteiger partial charge in [-0.1, -0.05) is 24.3 Å². The molecule has 0 atom stereocenters. The number of benzene rings is 2. The zero-order chi connectivity index (χ0) is 22.3. The molecule has 10 nitrogen and oxygen atoms in total. The lowest BCUT2D eigenvalue weighted by Crippen LogP contribution is -2.36. The van der Waals surface area contributed by atoms with Crippen molar-refractivity contribution in [1.29, 1.82) is 0 Å². The summed E-state index contributed by atoms with van der Waals surface area (Å²) in [6.07, 6.45) is 1.57. The first-order valence-corrected chi connectivity index (χ1v) is 10.8. The van der Waals surface area contributed by atoms with Gasteiger partial charge in [0.25, 0.3) is 5.69 Å². The molecule has 162 valence electrons. The van der Waals surface area contributed by atoms with E-state index in [2.05, 4.69) is 15.6 Å². The van der Waals surface area contributed by atoms with Gasteiger partial charge < -0.3 is 15.1 Å². The summed E-state index contributed by atoms with van der Waals surface area (Å²) in [5, 5.41) is 22.2. The van der Waals surface area contributed by atoms with Gasteiger partial charge >= 0.3 is 0 Å². The van der Waals surface area contributed by atoms with Crippen molar-refractivity contribution in [3.8, 4) is 0 Å². The highest BCUT2D eigenvalue weighted by molar-refractivity contribution is 7.89. The zero-order valence-electron chi connectivity index (χ0n) is 16.4. The van der Waals surface area contributed by atoms with Crippen LogP contribution in [0.1, 0.15) is 16.9 Å². The lowest BCUT2D eigenvalue weighted by atomic mass is 10.2. The second kappa shape index (κ2) is 9.87. The molecule has 3 aromatic rings. The Hall–Kier alpha value is -3.70. The molecule has 1 heterocycles. The largest absolute Gasteiger partial charge is 0.467 e. The van der Waals surface area contributed by atoms with Crippen molar-refractivity contribution in [3.05, 3.63) is 93.9 Å². The van der Waals surface area contributed by atoms with Gasteiger partial charge in [-0.25, -0.2) is 18.5 Å². The lowest BCUT2D eigenvalue weighted by Gasteiger charge is -2.12. The summed E-state index contributed by atoms with van der Waals surface area (Å²) in [6.45, 7) is 1.09. The van der Waals surface area contributed by atoms with E-state index in [4.69, 9.17) is 9.56 Å². The van der Waals surface area contributed by atoms with E-state index >= 15 is 0 Å². The van der Waals surface area contributed by atoms with E-state index in [1.165, 1.54) is 24.3 Å². The van der Waals surface area contributed by atoms with Crippen LogP contribution in [0.3, 0.4) is 0 Å². The number of aliphatic imine (C=N–C) groups is 1. The van der Waals surface area contributed by atoms with Crippen LogP contribution in [0.5, 0.6) is 0 Å². The van der Waals surface area contributed by atoms with Crippen LogP contribution >= 0.6 is 0 Å². The van der Waals surface area contributed by atoms with Gasteiger partial charge in [0.2, 0.25) is 10.0 Å². The maximum atomic E-state index is 11.4. The number of primary sulfonamides is 1. The van der Waals surface area contributed by atoms with Gasteiger partial charge in [0.05, 0.1) is 29.2 Å². The first-order valence-electron chi connectivity index (χ1n) is 9.21. The minimum atomic E-state index is -3.75. The number of nitrogens with zero attached hydrogens (tertiary/aromatic N) is 2. The zero-order valence-corrected chi connectivity index (χ0v) is 17.2. The summed E-state index contributed by atoms with van der Waals surface area (Å²) in [5.41, 5.74) is 1.66. The SMILES string of the molecule is NS(=O)(=O)c1ccc(CN=C(NCc2ccc([N+](=O)[O-])cc2)NCc2ccco2)cc1. The molecule has 0 aliphatic heterocycles. The fourth-order valence-corrected chi connectivity index (χ4v) is 3.15. The molecule has 0 bridgehead atoms. The molecule has 2 aromatic carbocycles. The number of nitro benzene ring substituents is 1. The van der Waals surface area contributed by atoms with Crippen LogP contribution in [0.4, 0.5) is 5.69 Å². The van der Waals surface area contributed by atoms with Gasteiger partial charge in [0.15, 0.2) is 5.96 Å². The highest BCUT2D eigenvalue weighted by Crippen LogP contribution is 2.12. The molecule has 0 unspecified atom stereocenters. The molecule has 0 fully saturated rings. The van der Waals surface area contributed by atoms with Gasteiger partial charge in [0, 0.05) is 18.7 Å². The number of hydrogen-bond donors (Lipinski definition) is 3. The van der Waals surface area contributed by atoms with E-state index in [0.717, 1.165) is 16.9 Å². The van der Waals surface area contributed by atoms with Crippen molar-refractivity contribution < 1.29 is 17.8 Å². The lowest BCUT2D eigenvalue weighted by molar-refractivity contribution is -0.384. The number of hydrogen-bond acceptors (Lipinski definition) is 6. The average Bonchev–Trinajstić information content (AvgIpc) is 3.27. The molecular formula is C20H21N5O5S. The van der Waals surface area contributed by atoms with Crippen molar-refractivity contribution in [1.82, 2.24) is 10.6 Å². The Morgan fingerprint density at radius 1 is 1.00 bits per heavy atom. The van der Waals surface area contributed by atoms with Crippen LogP contribution < -0.4 is 15.8 Å². The number of sulfonamides is 1. The Morgan fingerprint density at radius 2 is 1.65 bits per heavy atom. The van der Waals surface area contributed by atoms with Crippen LogP contribution in [-0.4, -0.2) is 19.3 Å². The molecule has 1 aromatic heterocycles. The van der Waals surface area contributed by atoms with Gasteiger partial charge in [-0.15, -0.1) is 0 Å². The topological polar surface area (TPSA) is 153 Å². The monoisotopic (exact) mass is 443 g/mol. The Morgan fingerprint density at radius 3 is 2.23 bits per heavy atom. The molecule has 0 aliphatic carbocycles. The fraction of sp³-hybridized carbons (Fsp3) is 0.150. The Balaban J connectivity index is 1.68. The number of non-ortho nitro benzene ring substituents is 1. The predicted molar refractivity (Wildman–Crippen MR) is 114 cm³/mol. The van der Waals surface area contributed by atoms with Crippen LogP contribution in [0.2, 0.25) is 0 Å². The normalized spacial score (nSPS) is 11.8. The van der Waals surface area contributed by atoms with Crippen molar-refractivity contribution in [2.75, 3.05) is 0 Å². The highest BCUT2D eigenvalue weighted by Gasteiger charge is 2.08. The molecule has 0 aliphatic rings. The van der Waals surface area contributed by atoms with Crippen LogP contribution in [-0.2, 0) is 29.7 Å². The molecule has 3 rings (SSSR count). The third-order valence-electron chi connectivity index (χ3n) is 4.29. The molecular weight excluding hydrogens is 422 g/mol. The second-order valence-electron chi connectivity index (χ2n) is 6.56. The van der Waals surface area contributed by atoms with Crippen LogP contribution in [0.15, 0.2) is 81.2 Å². The highest BCUT2D eigenvalue weighted by atomic mass is 32.2. The first kappa shape index (κ1) is 22.0. The van der Waals surface area contributed by atoms with E-state index in [1.807, 2.05) is 6.07 Å². The minimum absolute atomic E-state index is 0.0246. The Labute approximate surface area is 179 Å². The van der Waals surface area contributed by atoms with Gasteiger partial charge in [-0.05, 0) is 35.4 Å². The van der Waals surface area contributed by atoms with Crippen molar-refractivity contribution >= 4 is 21.7 Å². The molecule has 0 saturated heterocycles. The minimum Gasteiger partial charge on any atom is -0.467 e. The predicted octanol–water partition coefficient (Wildman–Crippen LogP) is 2.27. The number of nitrogens with two attached hydrogens (primary N) is 1. The molecule has 4 N–H and O–H groups in total. The van der Waals surface area contributed by atoms with Crippen molar-refractivity contribution in [3.63, 3.8) is 0 Å². The molecule has 0 radical (unpaired) electrons. The maximum Gasteiger partial charge on any atom is 0.269 e. The number of rotatable bonds is 8. The second-order valence-corrected chi connectivity index (χ2v) is 8.13. The molecule has 11 heteroatoms. The van der Waals surface area contributed by atoms with E-state index in [9.17, 15) is 18.5 Å². The number of guanidine groups is 1. The summed E-state index contributed by atoms with van der Waals surface area (Å²) in [5.74, 6) is 1.22. The van der Waals surface area contributed by atoms with Crippen molar-refractivity contribution in [2.24, 2.45) is 10.1 Å². The van der Waals surface area contributed by atoms with E-state index in [0.29, 0.717) is 25.6 Å². The average molecular weight is 443 g/mol. The van der Waals surface area contributed by atoms with E-state index in [-0.39, 0.29) is 10.6 Å². The first-order chi connectivity index (χ1) is 14.8. The van der Waals surface area contributed by atoms with Crippen molar-refractivity contribution in [2.45, 2.75) is 24.5 Å². The van der Waals surface area contributed by atoms with E-state index < -0.39 is 14.9 Å². The smallest absolute Gasteiger partial charge is 0.269 e. The third-order valence-corrected chi connectivity index (χ3v) is 5.22. The van der Waals surface area contributed by atoms with Crippen LogP contribution in [0, 0.1) is 10.1 Å². The molecule has 0 spiro atoms. The molecule has 0 amide bonds. The number of nitro groups is 1. The summed E-state index contributed by atoms with van der Waals surface area (Å²) < 4.78 is 28.1. The molecule has 0 saturated carbocycles. The summed E-state index contributed by atoms with van der Waals surface area (Å²) >= 11 is 0. The van der Waals surface area contributed by atoms with E-state index in [1.54, 1.807) is 36.6 Å². The van der Waals surface area contributed by atoms with Gasteiger partial charge in [0.1, 0.15) is 5.76 Å². The maximum absolute atomic E-state index is 11.4. The summed E-state index contributed by atoms with van der Waals surface area (Å²) in [4.78, 5) is 14.9. The Bertz CT molecular complexity index is 1140. The van der Waals surface area contributed by atoms with Gasteiger partial charge in [-0.3, -0.25) is 10.1 Å².